The number of rotatable bonds is 6. The van der Waals surface area contributed by atoms with E-state index in [4.69, 9.17) is 10.5 Å². The van der Waals surface area contributed by atoms with E-state index in [1.165, 1.54) is 18.6 Å². The molecule has 1 heterocycles. The van der Waals surface area contributed by atoms with Gasteiger partial charge in [-0.1, -0.05) is 13.8 Å². The Morgan fingerprint density at radius 3 is 2.79 bits per heavy atom. The average molecular weight is 217 g/mol. The predicted octanol–water partition coefficient (Wildman–Crippen LogP) is 2.27. The van der Waals surface area contributed by atoms with Crippen LogP contribution in [0.2, 0.25) is 0 Å². The molecule has 3 heteroatoms. The second-order valence-electron chi connectivity index (χ2n) is 4.56. The lowest BCUT2D eigenvalue weighted by Crippen LogP contribution is -2.33. The maximum atomic E-state index is 5.83. The van der Waals surface area contributed by atoms with E-state index in [0.29, 0.717) is 10.7 Å². The zero-order valence-corrected chi connectivity index (χ0v) is 10.2. The molecule has 1 unspecified atom stereocenters. The molecule has 84 valence electrons. The minimum Gasteiger partial charge on any atom is -0.381 e. The van der Waals surface area contributed by atoms with Crippen LogP contribution in [-0.4, -0.2) is 30.3 Å². The second-order valence-corrected chi connectivity index (χ2v) is 6.12. The molecule has 0 spiro atoms. The summed E-state index contributed by atoms with van der Waals surface area (Å²) in [5, 5.41) is 0. The first-order chi connectivity index (χ1) is 6.68. The SMILES string of the molecule is CC(C)COCCC1(CN)CCCS1. The Hall–Kier alpha value is 0.270. The summed E-state index contributed by atoms with van der Waals surface area (Å²) in [6.07, 6.45) is 3.73. The highest BCUT2D eigenvalue weighted by Crippen LogP contribution is 2.39. The average Bonchev–Trinajstić information content (AvgIpc) is 2.62. The van der Waals surface area contributed by atoms with Gasteiger partial charge in [0.2, 0.25) is 0 Å². The van der Waals surface area contributed by atoms with Gasteiger partial charge in [-0.15, -0.1) is 0 Å². The van der Waals surface area contributed by atoms with Gasteiger partial charge < -0.3 is 10.5 Å². The maximum Gasteiger partial charge on any atom is 0.0489 e. The summed E-state index contributed by atoms with van der Waals surface area (Å²) in [7, 11) is 0. The Balaban J connectivity index is 2.15. The maximum absolute atomic E-state index is 5.83. The van der Waals surface area contributed by atoms with Gasteiger partial charge >= 0.3 is 0 Å². The smallest absolute Gasteiger partial charge is 0.0489 e. The quantitative estimate of drug-likeness (QED) is 0.693. The third-order valence-corrected chi connectivity index (χ3v) is 4.39. The van der Waals surface area contributed by atoms with Crippen LogP contribution in [0.15, 0.2) is 0 Å². The van der Waals surface area contributed by atoms with E-state index in [1.807, 2.05) is 11.8 Å². The van der Waals surface area contributed by atoms with Crippen molar-refractivity contribution in [2.75, 3.05) is 25.5 Å². The number of thioether (sulfide) groups is 1. The van der Waals surface area contributed by atoms with Gasteiger partial charge in [-0.05, 0) is 30.9 Å². The van der Waals surface area contributed by atoms with Crippen LogP contribution < -0.4 is 5.73 Å². The van der Waals surface area contributed by atoms with Crippen molar-refractivity contribution in [2.24, 2.45) is 11.7 Å². The van der Waals surface area contributed by atoms with Crippen LogP contribution >= 0.6 is 11.8 Å². The van der Waals surface area contributed by atoms with Crippen LogP contribution in [-0.2, 0) is 4.74 Å². The van der Waals surface area contributed by atoms with Crippen molar-refractivity contribution in [1.29, 1.82) is 0 Å². The van der Waals surface area contributed by atoms with Crippen LogP contribution in [0.1, 0.15) is 33.1 Å². The monoisotopic (exact) mass is 217 g/mol. The molecular formula is C11H23NOS. The largest absolute Gasteiger partial charge is 0.381 e. The van der Waals surface area contributed by atoms with E-state index in [-0.39, 0.29) is 0 Å². The molecule has 14 heavy (non-hydrogen) atoms. The highest BCUT2D eigenvalue weighted by Gasteiger charge is 2.32. The summed E-state index contributed by atoms with van der Waals surface area (Å²) in [6, 6.07) is 0. The molecule has 1 aliphatic rings. The Labute approximate surface area is 92.0 Å². The zero-order valence-electron chi connectivity index (χ0n) is 9.42. The van der Waals surface area contributed by atoms with E-state index in [2.05, 4.69) is 13.8 Å². The van der Waals surface area contributed by atoms with Crippen LogP contribution in [0.5, 0.6) is 0 Å². The second kappa shape index (κ2) is 5.99. The summed E-state index contributed by atoms with van der Waals surface area (Å²) in [4.78, 5) is 0. The first-order valence-corrected chi connectivity index (χ1v) is 6.59. The molecule has 0 aliphatic carbocycles. The molecule has 2 N–H and O–H groups in total. The van der Waals surface area contributed by atoms with Gasteiger partial charge in [-0.25, -0.2) is 0 Å². The van der Waals surface area contributed by atoms with Crippen molar-refractivity contribution in [3.8, 4) is 0 Å². The molecule has 0 saturated carbocycles. The third kappa shape index (κ3) is 3.79. The molecule has 0 amide bonds. The van der Waals surface area contributed by atoms with Crippen molar-refractivity contribution in [1.82, 2.24) is 0 Å². The number of hydrogen-bond donors (Lipinski definition) is 1. The number of nitrogens with two attached hydrogens (primary N) is 1. The lowest BCUT2D eigenvalue weighted by molar-refractivity contribution is 0.101. The summed E-state index contributed by atoms with van der Waals surface area (Å²) in [5.74, 6) is 1.92. The Morgan fingerprint density at radius 2 is 2.29 bits per heavy atom. The summed E-state index contributed by atoms with van der Waals surface area (Å²) in [6.45, 7) is 6.93. The first-order valence-electron chi connectivity index (χ1n) is 5.60. The number of ether oxygens (including phenoxy) is 1. The molecule has 1 atom stereocenters. The molecule has 0 radical (unpaired) electrons. The molecule has 1 rings (SSSR count). The first kappa shape index (κ1) is 12.3. The fourth-order valence-electron chi connectivity index (χ4n) is 1.79. The Kier molecular flexibility index (Phi) is 5.28. The van der Waals surface area contributed by atoms with Crippen LogP contribution in [0.4, 0.5) is 0 Å². The van der Waals surface area contributed by atoms with Crippen LogP contribution in [0, 0.1) is 5.92 Å². The molecule has 1 aliphatic heterocycles. The summed E-state index contributed by atoms with van der Waals surface area (Å²) < 4.78 is 5.96. The molecule has 0 aromatic rings. The highest BCUT2D eigenvalue weighted by atomic mass is 32.2. The fourth-order valence-corrected chi connectivity index (χ4v) is 3.15. The lowest BCUT2D eigenvalue weighted by atomic mass is 10.00. The van der Waals surface area contributed by atoms with Gasteiger partial charge in [-0.3, -0.25) is 0 Å². The summed E-state index contributed by atoms with van der Waals surface area (Å²) in [5.41, 5.74) is 5.83. The lowest BCUT2D eigenvalue weighted by Gasteiger charge is -2.26. The molecule has 2 nitrogen and oxygen atoms in total. The topological polar surface area (TPSA) is 35.2 Å². The van der Waals surface area contributed by atoms with Gasteiger partial charge in [0.25, 0.3) is 0 Å². The van der Waals surface area contributed by atoms with Gasteiger partial charge in [0.05, 0.1) is 0 Å². The molecular weight excluding hydrogens is 194 g/mol. The number of hydrogen-bond acceptors (Lipinski definition) is 3. The molecule has 0 aromatic heterocycles. The standard InChI is InChI=1S/C11H23NOS/c1-10(2)8-13-6-5-11(9-12)4-3-7-14-11/h10H,3-9,12H2,1-2H3. The van der Waals surface area contributed by atoms with Crippen molar-refractivity contribution in [3.63, 3.8) is 0 Å². The van der Waals surface area contributed by atoms with E-state index in [0.717, 1.165) is 26.2 Å². The minimum absolute atomic E-state index is 0.344. The van der Waals surface area contributed by atoms with Gasteiger partial charge in [0, 0.05) is 24.5 Å². The van der Waals surface area contributed by atoms with Crippen molar-refractivity contribution < 1.29 is 4.74 Å². The molecule has 1 saturated heterocycles. The van der Waals surface area contributed by atoms with E-state index in [9.17, 15) is 0 Å². The van der Waals surface area contributed by atoms with Gasteiger partial charge in [-0.2, -0.15) is 11.8 Å². The van der Waals surface area contributed by atoms with E-state index >= 15 is 0 Å². The van der Waals surface area contributed by atoms with Crippen LogP contribution in [0.3, 0.4) is 0 Å². The van der Waals surface area contributed by atoms with Gasteiger partial charge in [0.15, 0.2) is 0 Å². The third-order valence-electron chi connectivity index (χ3n) is 2.71. The van der Waals surface area contributed by atoms with Gasteiger partial charge in [0.1, 0.15) is 0 Å². The van der Waals surface area contributed by atoms with Crippen molar-refractivity contribution in [3.05, 3.63) is 0 Å². The zero-order chi connectivity index (χ0) is 10.4. The van der Waals surface area contributed by atoms with Crippen LogP contribution in [0.25, 0.3) is 0 Å². The highest BCUT2D eigenvalue weighted by molar-refractivity contribution is 8.00. The normalized spacial score (nSPS) is 27.4. The molecule has 0 aromatic carbocycles. The van der Waals surface area contributed by atoms with Crippen molar-refractivity contribution in [2.45, 2.75) is 37.9 Å². The summed E-state index contributed by atoms with van der Waals surface area (Å²) >= 11 is 2.04. The minimum atomic E-state index is 0.344. The molecule has 0 bridgehead atoms. The van der Waals surface area contributed by atoms with E-state index in [1.54, 1.807) is 0 Å². The molecule has 1 fully saturated rings. The Bertz CT molecular complexity index is 155. The fraction of sp³-hybridized carbons (Fsp3) is 1.00. The Morgan fingerprint density at radius 1 is 1.50 bits per heavy atom. The van der Waals surface area contributed by atoms with Crippen molar-refractivity contribution >= 4 is 11.8 Å². The van der Waals surface area contributed by atoms with E-state index < -0.39 is 0 Å². The predicted molar refractivity (Wildman–Crippen MR) is 63.8 cm³/mol.